The number of halogens is 2. The van der Waals surface area contributed by atoms with Gasteiger partial charge in [0.15, 0.2) is 11.6 Å². The molecule has 8 nitrogen and oxygen atoms in total. The molecule has 2 aromatic heterocycles. The molecule has 2 bridgehead atoms. The third kappa shape index (κ3) is 4.23. The van der Waals surface area contributed by atoms with Gasteiger partial charge in [-0.2, -0.15) is 0 Å². The number of alkyl halides is 1. The minimum atomic E-state index is -2.74. The Kier molecular flexibility index (Phi) is 5.07. The van der Waals surface area contributed by atoms with Gasteiger partial charge in [-0.1, -0.05) is 12.5 Å². The smallest absolute Gasteiger partial charge is 0.213 e. The summed E-state index contributed by atoms with van der Waals surface area (Å²) in [5.74, 6) is -0.516. The first-order valence-corrected chi connectivity index (χ1v) is 12.2. The van der Waals surface area contributed by atoms with Crippen LogP contribution in [0, 0.1) is 5.82 Å². The second kappa shape index (κ2) is 9.24. The number of nitrogens with one attached hydrogen (secondary N) is 1. The molecule has 4 atom stereocenters. The number of rotatable bonds is 6. The molecule has 0 amide bonds. The van der Waals surface area contributed by atoms with Crippen molar-refractivity contribution in [1.82, 2.24) is 25.5 Å². The monoisotopic (exact) mass is 497 g/mol. The molecule has 3 fully saturated rings. The zero-order chi connectivity index (χ0) is 27.3. The van der Waals surface area contributed by atoms with Crippen molar-refractivity contribution < 1.29 is 22.7 Å². The molecular weight excluding hydrogens is 466 g/mol. The average molecular weight is 498 g/mol. The van der Waals surface area contributed by atoms with Crippen LogP contribution in [0.15, 0.2) is 36.7 Å². The molecule has 3 aliphatic rings. The molecule has 2 saturated heterocycles. The highest BCUT2D eigenvalue weighted by atomic mass is 19.1. The normalized spacial score (nSPS) is 27.0. The zero-order valence-corrected chi connectivity index (χ0v) is 19.4. The summed E-state index contributed by atoms with van der Waals surface area (Å²) in [6.45, 7) is 0. The molecule has 188 valence electrons. The maximum absolute atomic E-state index is 15.5. The number of anilines is 1. The summed E-state index contributed by atoms with van der Waals surface area (Å²) < 4.78 is 56.4. The number of phenolic OH excluding ortho intramolecular Hbond substituents is 1. The van der Waals surface area contributed by atoms with Gasteiger partial charge in [0, 0.05) is 29.8 Å². The number of nitrogens with zero attached hydrogens (tertiary/aromatic N) is 5. The van der Waals surface area contributed by atoms with Crippen LogP contribution in [0.25, 0.3) is 22.5 Å². The number of benzene rings is 1. The van der Waals surface area contributed by atoms with Gasteiger partial charge in [0.25, 0.3) is 0 Å². The predicted molar refractivity (Wildman–Crippen MR) is 130 cm³/mol. The van der Waals surface area contributed by atoms with E-state index in [9.17, 15) is 9.50 Å². The van der Waals surface area contributed by atoms with Gasteiger partial charge in [0.1, 0.15) is 17.7 Å². The largest absolute Gasteiger partial charge is 0.507 e. The molecule has 1 aliphatic carbocycles. The number of aromatic hydroxyl groups is 1. The lowest BCUT2D eigenvalue weighted by atomic mass is 9.82. The molecule has 4 heterocycles. The number of hydrogen-bond donors (Lipinski definition) is 2. The zero-order valence-electron chi connectivity index (χ0n) is 22.4. The van der Waals surface area contributed by atoms with Crippen LogP contribution >= 0.6 is 0 Å². The number of methoxy groups -OCH3 is 1. The molecule has 1 aromatic carbocycles. The summed E-state index contributed by atoms with van der Waals surface area (Å²) in [6.07, 6.45) is 7.02. The van der Waals surface area contributed by atoms with Crippen molar-refractivity contribution in [3.8, 4) is 34.1 Å². The van der Waals surface area contributed by atoms with E-state index in [1.54, 1.807) is 12.3 Å². The van der Waals surface area contributed by atoms with E-state index in [4.69, 9.17) is 8.85 Å². The van der Waals surface area contributed by atoms with Gasteiger partial charge in [-0.25, -0.2) is 18.7 Å². The molecule has 3 aromatic rings. The fourth-order valence-corrected chi connectivity index (χ4v) is 5.52. The highest BCUT2D eigenvalue weighted by Gasteiger charge is 2.46. The summed E-state index contributed by atoms with van der Waals surface area (Å²) >= 11 is 0. The molecule has 2 aliphatic heterocycles. The Labute approximate surface area is 212 Å². The Morgan fingerprint density at radius 1 is 1.11 bits per heavy atom. The predicted octanol–water partition coefficient (Wildman–Crippen LogP) is 4.04. The van der Waals surface area contributed by atoms with Crippen molar-refractivity contribution in [2.75, 3.05) is 11.9 Å². The van der Waals surface area contributed by atoms with Gasteiger partial charge >= 0.3 is 0 Å². The minimum Gasteiger partial charge on any atom is -0.507 e. The SMILES string of the molecule is [2H]C([2H])([2H])Oc1cc(-c2ccc(-c3ncc(N(C4CC4)[C@H]4C[C@H]5CCC[C@H](N5)[C@H]4F)nn3)c(O)c2)c(F)cn1. The van der Waals surface area contributed by atoms with Crippen LogP contribution < -0.4 is 15.0 Å². The van der Waals surface area contributed by atoms with Gasteiger partial charge in [-0.3, -0.25) is 0 Å². The van der Waals surface area contributed by atoms with Crippen LogP contribution in [0.3, 0.4) is 0 Å². The molecule has 10 heteroatoms. The van der Waals surface area contributed by atoms with Crippen molar-refractivity contribution in [3.63, 3.8) is 0 Å². The molecule has 6 rings (SSSR count). The Balaban J connectivity index is 1.24. The Hall–Kier alpha value is -3.40. The number of piperidine rings is 2. The number of hydrogen-bond acceptors (Lipinski definition) is 8. The molecule has 2 N–H and O–H groups in total. The Morgan fingerprint density at radius 3 is 2.75 bits per heavy atom. The highest BCUT2D eigenvalue weighted by molar-refractivity contribution is 5.73. The molecule has 0 unspecified atom stereocenters. The summed E-state index contributed by atoms with van der Waals surface area (Å²) in [5.41, 5.74) is 0.568. The van der Waals surface area contributed by atoms with E-state index in [1.807, 2.05) is 0 Å². The first-order chi connectivity index (χ1) is 18.7. The van der Waals surface area contributed by atoms with Crippen molar-refractivity contribution in [2.45, 2.75) is 68.9 Å². The van der Waals surface area contributed by atoms with Crippen LogP contribution in [0.2, 0.25) is 0 Å². The van der Waals surface area contributed by atoms with E-state index in [0.29, 0.717) is 18.3 Å². The molecule has 0 spiro atoms. The van der Waals surface area contributed by atoms with Gasteiger partial charge in [0.2, 0.25) is 5.88 Å². The number of pyridine rings is 1. The van der Waals surface area contributed by atoms with Crippen LogP contribution in [0.5, 0.6) is 11.6 Å². The quantitative estimate of drug-likeness (QED) is 0.527. The number of fused-ring (bicyclic) bond motifs is 2. The first-order valence-electron chi connectivity index (χ1n) is 13.7. The van der Waals surface area contributed by atoms with Crippen LogP contribution in [-0.2, 0) is 0 Å². The summed E-state index contributed by atoms with van der Waals surface area (Å²) in [7, 11) is -2.74. The highest BCUT2D eigenvalue weighted by Crippen LogP contribution is 2.39. The van der Waals surface area contributed by atoms with Crippen molar-refractivity contribution in [2.24, 2.45) is 0 Å². The van der Waals surface area contributed by atoms with Crippen molar-refractivity contribution in [1.29, 1.82) is 0 Å². The molecular formula is C26H28F2N6O2. The van der Waals surface area contributed by atoms with E-state index in [2.05, 4.69) is 30.4 Å². The molecule has 0 radical (unpaired) electrons. The number of aromatic nitrogens is 4. The van der Waals surface area contributed by atoms with Gasteiger partial charge in [-0.15, -0.1) is 10.2 Å². The summed E-state index contributed by atoms with van der Waals surface area (Å²) in [5, 5.41) is 22.8. The number of phenols is 1. The fourth-order valence-electron chi connectivity index (χ4n) is 5.52. The lowest BCUT2D eigenvalue weighted by molar-refractivity contribution is 0.104. The van der Waals surface area contributed by atoms with E-state index in [0.717, 1.165) is 44.4 Å². The fraction of sp³-hybridized carbons (Fsp3) is 0.462. The van der Waals surface area contributed by atoms with Crippen LogP contribution in [0.4, 0.5) is 14.6 Å². The van der Waals surface area contributed by atoms with E-state index in [1.165, 1.54) is 12.1 Å². The van der Waals surface area contributed by atoms with Crippen molar-refractivity contribution >= 4 is 5.82 Å². The van der Waals surface area contributed by atoms with Crippen molar-refractivity contribution in [3.05, 3.63) is 42.5 Å². The first kappa shape index (κ1) is 19.7. The van der Waals surface area contributed by atoms with E-state index < -0.39 is 19.0 Å². The standard InChI is InChI=1S/C26H28F2N6O2/c1-36-24-11-18(19(27)12-29-24)14-5-8-17(22(35)9-14)26-30-13-23(32-33-26)34(16-6-7-16)21-10-15-3-2-4-20(31-15)25(21)28/h5,8-9,11-13,15-16,20-21,25,31,35H,2-4,6-7,10H2,1H3/t15-,20+,21+,25-/m1/s1/i1D3. The third-order valence-corrected chi connectivity index (χ3v) is 7.39. The maximum atomic E-state index is 15.5. The van der Waals surface area contributed by atoms with Crippen LogP contribution in [-0.4, -0.2) is 62.6 Å². The maximum Gasteiger partial charge on any atom is 0.213 e. The van der Waals surface area contributed by atoms with Gasteiger partial charge in [-0.05, 0) is 49.8 Å². The Bertz CT molecular complexity index is 1360. The summed E-state index contributed by atoms with van der Waals surface area (Å²) in [4.78, 5) is 10.1. The van der Waals surface area contributed by atoms with Gasteiger partial charge < -0.3 is 20.1 Å². The molecule has 36 heavy (non-hydrogen) atoms. The second-order valence-corrected chi connectivity index (χ2v) is 9.76. The Morgan fingerprint density at radius 2 is 2.00 bits per heavy atom. The topological polar surface area (TPSA) is 96.3 Å². The third-order valence-electron chi connectivity index (χ3n) is 7.39. The van der Waals surface area contributed by atoms with Gasteiger partial charge in [0.05, 0.1) is 35.1 Å². The molecule has 1 saturated carbocycles. The lowest BCUT2D eigenvalue weighted by Gasteiger charge is -2.47. The minimum absolute atomic E-state index is 0.00748. The van der Waals surface area contributed by atoms with E-state index >= 15 is 4.39 Å². The van der Waals surface area contributed by atoms with E-state index in [-0.39, 0.29) is 52.3 Å². The van der Waals surface area contributed by atoms with Crippen LogP contribution in [0.1, 0.15) is 42.6 Å². The lowest BCUT2D eigenvalue weighted by Crippen LogP contribution is -2.62. The number of ether oxygens (including phenoxy) is 1. The second-order valence-electron chi connectivity index (χ2n) is 9.76. The summed E-state index contributed by atoms with van der Waals surface area (Å²) in [6, 6.07) is 5.65. The average Bonchev–Trinajstić information content (AvgIpc) is 3.73.